The van der Waals surface area contributed by atoms with Gasteiger partial charge in [-0.2, -0.15) is 0 Å². The molecule has 2 N–H and O–H groups in total. The van der Waals surface area contributed by atoms with Crippen molar-refractivity contribution >= 4 is 18.3 Å². The van der Waals surface area contributed by atoms with Crippen LogP contribution in [0.25, 0.3) is 0 Å². The van der Waals surface area contributed by atoms with Gasteiger partial charge >= 0.3 is 0 Å². The smallest absolute Gasteiger partial charge is 0.220 e. The van der Waals surface area contributed by atoms with E-state index in [9.17, 15) is 4.79 Å². The number of carbonyl (C=O) groups excluding carboxylic acids is 1. The van der Waals surface area contributed by atoms with Gasteiger partial charge in [-0.3, -0.25) is 4.79 Å². The van der Waals surface area contributed by atoms with Crippen LogP contribution in [0.15, 0.2) is 0 Å². The largest absolute Gasteiger partial charge is 0.352 e. The number of hydrogen-bond acceptors (Lipinski definition) is 2. The second-order valence-corrected chi connectivity index (χ2v) is 5.67. The highest BCUT2D eigenvalue weighted by Gasteiger charge is 2.17. The van der Waals surface area contributed by atoms with Gasteiger partial charge in [-0.1, -0.05) is 20.8 Å². The van der Waals surface area contributed by atoms with Crippen LogP contribution in [0, 0.1) is 5.41 Å². The second kappa shape index (κ2) is 7.13. The Balaban J connectivity index is 0.00000225. The number of hydrogen-bond donors (Lipinski definition) is 2. The lowest BCUT2D eigenvalue weighted by Crippen LogP contribution is -2.45. The predicted molar refractivity (Wildman–Crippen MR) is 70.0 cm³/mol. The molecule has 1 heterocycles. The van der Waals surface area contributed by atoms with Gasteiger partial charge in [0, 0.05) is 19.0 Å². The quantitative estimate of drug-likeness (QED) is 0.803. The Hall–Kier alpha value is -0.280. The van der Waals surface area contributed by atoms with Crippen LogP contribution in [-0.2, 0) is 4.79 Å². The van der Waals surface area contributed by atoms with Crippen LogP contribution in [0.4, 0.5) is 0 Å². The summed E-state index contributed by atoms with van der Waals surface area (Å²) >= 11 is 0. The first kappa shape index (κ1) is 15.7. The molecule has 1 amide bonds. The highest BCUT2D eigenvalue weighted by molar-refractivity contribution is 5.85. The first-order valence-corrected chi connectivity index (χ1v) is 5.97. The lowest BCUT2D eigenvalue weighted by atomic mass is 9.90. The molecule has 1 rings (SSSR count). The van der Waals surface area contributed by atoms with Crippen molar-refractivity contribution in [2.75, 3.05) is 13.1 Å². The summed E-state index contributed by atoms with van der Waals surface area (Å²) in [5, 5.41) is 6.39. The molecule has 3 nitrogen and oxygen atoms in total. The van der Waals surface area contributed by atoms with E-state index in [1.165, 1.54) is 6.42 Å². The van der Waals surface area contributed by atoms with Crippen LogP contribution in [0.5, 0.6) is 0 Å². The number of halogens is 1. The first-order chi connectivity index (χ1) is 6.97. The fourth-order valence-corrected chi connectivity index (χ4v) is 1.76. The Labute approximate surface area is 105 Å². The van der Waals surface area contributed by atoms with Crippen molar-refractivity contribution < 1.29 is 4.79 Å². The number of nitrogens with one attached hydrogen (secondary N) is 2. The van der Waals surface area contributed by atoms with Crippen LogP contribution < -0.4 is 10.6 Å². The highest BCUT2D eigenvalue weighted by atomic mass is 35.5. The summed E-state index contributed by atoms with van der Waals surface area (Å²) in [5.41, 5.74) is 0.252. The lowest BCUT2D eigenvalue weighted by molar-refractivity contribution is -0.122. The minimum atomic E-state index is 0. The summed E-state index contributed by atoms with van der Waals surface area (Å²) in [5.74, 6) is 0.207. The van der Waals surface area contributed by atoms with E-state index in [1.807, 2.05) is 0 Å². The zero-order valence-corrected chi connectivity index (χ0v) is 11.5. The summed E-state index contributed by atoms with van der Waals surface area (Å²) < 4.78 is 0. The van der Waals surface area contributed by atoms with Gasteiger partial charge in [0.05, 0.1) is 0 Å². The second-order valence-electron chi connectivity index (χ2n) is 5.67. The number of piperidine rings is 1. The van der Waals surface area contributed by atoms with Crippen LogP contribution in [0.3, 0.4) is 0 Å². The Kier molecular flexibility index (Phi) is 7.00. The van der Waals surface area contributed by atoms with Crippen molar-refractivity contribution in [3.63, 3.8) is 0 Å². The first-order valence-electron chi connectivity index (χ1n) is 5.97. The third kappa shape index (κ3) is 7.07. The van der Waals surface area contributed by atoms with Crippen LogP contribution >= 0.6 is 12.4 Å². The van der Waals surface area contributed by atoms with Crippen LogP contribution in [-0.4, -0.2) is 25.0 Å². The Morgan fingerprint density at radius 2 is 2.12 bits per heavy atom. The molecule has 0 aromatic rings. The Bertz CT molecular complexity index is 208. The Morgan fingerprint density at radius 3 is 2.62 bits per heavy atom. The molecule has 96 valence electrons. The molecule has 1 atom stereocenters. The lowest BCUT2D eigenvalue weighted by Gasteiger charge is -2.24. The summed E-state index contributed by atoms with van der Waals surface area (Å²) in [7, 11) is 0. The molecule has 1 aliphatic heterocycles. The van der Waals surface area contributed by atoms with Gasteiger partial charge in [0.25, 0.3) is 0 Å². The minimum absolute atomic E-state index is 0. The summed E-state index contributed by atoms with van der Waals surface area (Å²) in [6.45, 7) is 8.53. The molecule has 1 saturated heterocycles. The topological polar surface area (TPSA) is 41.1 Å². The normalized spacial score (nSPS) is 21.1. The van der Waals surface area contributed by atoms with Crippen molar-refractivity contribution in [1.82, 2.24) is 10.6 Å². The van der Waals surface area contributed by atoms with Gasteiger partial charge in [0.1, 0.15) is 0 Å². The molecule has 0 spiro atoms. The molecule has 0 unspecified atom stereocenters. The third-order valence-corrected chi connectivity index (χ3v) is 2.76. The van der Waals surface area contributed by atoms with Crippen molar-refractivity contribution in [3.05, 3.63) is 0 Å². The maximum atomic E-state index is 11.6. The average Bonchev–Trinajstić information content (AvgIpc) is 2.15. The molecule has 0 bridgehead atoms. The fourth-order valence-electron chi connectivity index (χ4n) is 1.76. The molecule has 16 heavy (non-hydrogen) atoms. The van der Waals surface area contributed by atoms with Crippen molar-refractivity contribution in [1.29, 1.82) is 0 Å². The predicted octanol–water partition coefficient (Wildman–Crippen LogP) is 2.10. The molecule has 0 saturated carbocycles. The van der Waals surface area contributed by atoms with E-state index in [-0.39, 0.29) is 23.7 Å². The van der Waals surface area contributed by atoms with Gasteiger partial charge in [-0.05, 0) is 31.2 Å². The summed E-state index contributed by atoms with van der Waals surface area (Å²) in [6.07, 6.45) is 3.90. The van der Waals surface area contributed by atoms with Gasteiger partial charge in [-0.25, -0.2) is 0 Å². The summed E-state index contributed by atoms with van der Waals surface area (Å²) in [6, 6.07) is 0.353. The van der Waals surface area contributed by atoms with Gasteiger partial charge < -0.3 is 10.6 Å². The maximum absolute atomic E-state index is 11.6. The standard InChI is InChI=1S/C12H24N2O.ClH/c1-12(2,3)7-6-11(15)14-10-5-4-8-13-9-10;/h10,13H,4-9H2,1-3H3,(H,14,15);1H/t10-;/m0./s1. The zero-order valence-electron chi connectivity index (χ0n) is 10.6. The van der Waals surface area contributed by atoms with E-state index in [2.05, 4.69) is 31.4 Å². The van der Waals surface area contributed by atoms with Gasteiger partial charge in [0.2, 0.25) is 5.91 Å². The van der Waals surface area contributed by atoms with E-state index >= 15 is 0 Å². The van der Waals surface area contributed by atoms with Gasteiger partial charge in [-0.15, -0.1) is 12.4 Å². The molecule has 4 heteroatoms. The maximum Gasteiger partial charge on any atom is 0.220 e. The van der Waals surface area contributed by atoms with Crippen molar-refractivity contribution in [2.24, 2.45) is 5.41 Å². The SMILES string of the molecule is CC(C)(C)CCC(=O)N[C@H]1CCCNC1.Cl. The number of rotatable bonds is 3. The van der Waals surface area contributed by atoms with E-state index in [1.54, 1.807) is 0 Å². The van der Waals surface area contributed by atoms with Crippen LogP contribution in [0.1, 0.15) is 46.5 Å². The monoisotopic (exact) mass is 248 g/mol. The van der Waals surface area contributed by atoms with Crippen LogP contribution in [0.2, 0.25) is 0 Å². The average molecular weight is 249 g/mol. The highest BCUT2D eigenvalue weighted by Crippen LogP contribution is 2.20. The molecule has 0 radical (unpaired) electrons. The fraction of sp³-hybridized carbons (Fsp3) is 0.917. The molecule has 1 fully saturated rings. The molecule has 0 aromatic heterocycles. The van der Waals surface area contributed by atoms with E-state index in [4.69, 9.17) is 0 Å². The Morgan fingerprint density at radius 1 is 1.44 bits per heavy atom. The minimum Gasteiger partial charge on any atom is -0.352 e. The van der Waals surface area contributed by atoms with E-state index < -0.39 is 0 Å². The zero-order chi connectivity index (χ0) is 11.3. The number of carbonyl (C=O) groups is 1. The summed E-state index contributed by atoms with van der Waals surface area (Å²) in [4.78, 5) is 11.6. The molecular formula is C12H25ClN2O. The van der Waals surface area contributed by atoms with Crippen molar-refractivity contribution in [2.45, 2.75) is 52.5 Å². The van der Waals surface area contributed by atoms with E-state index in [0.29, 0.717) is 12.5 Å². The molecule has 1 aliphatic rings. The molecular weight excluding hydrogens is 224 g/mol. The van der Waals surface area contributed by atoms with E-state index in [0.717, 1.165) is 25.9 Å². The third-order valence-electron chi connectivity index (χ3n) is 2.76. The molecule has 0 aliphatic carbocycles. The molecule has 0 aromatic carbocycles. The van der Waals surface area contributed by atoms with Gasteiger partial charge in [0.15, 0.2) is 0 Å². The number of amides is 1. The van der Waals surface area contributed by atoms with Crippen molar-refractivity contribution in [3.8, 4) is 0 Å².